The summed E-state index contributed by atoms with van der Waals surface area (Å²) in [5.74, 6) is -1.00. The summed E-state index contributed by atoms with van der Waals surface area (Å²) in [6, 6.07) is 7.89. The Hall–Kier alpha value is -1.40. The standard InChI is InChI=1S/C11H9BrN2O2S/c12-8-3-1-2-7(4-8)5-13-11-14-9(6-17-11)10(15)16/h1-4,6H,5H2,(H,13,14)(H,15,16). The maximum atomic E-state index is 10.6. The number of nitrogens with one attached hydrogen (secondary N) is 1. The summed E-state index contributed by atoms with van der Waals surface area (Å²) in [4.78, 5) is 14.6. The number of hydrogen-bond acceptors (Lipinski definition) is 4. The summed E-state index contributed by atoms with van der Waals surface area (Å²) in [5, 5.41) is 13.9. The predicted octanol–water partition coefficient (Wildman–Crippen LogP) is 3.22. The summed E-state index contributed by atoms with van der Waals surface area (Å²) >= 11 is 4.68. The molecule has 0 fully saturated rings. The summed E-state index contributed by atoms with van der Waals surface area (Å²) in [6.45, 7) is 0.617. The fourth-order valence-electron chi connectivity index (χ4n) is 1.28. The van der Waals surface area contributed by atoms with Crippen molar-refractivity contribution < 1.29 is 9.90 Å². The first-order valence-corrected chi connectivity index (χ1v) is 6.49. The summed E-state index contributed by atoms with van der Waals surface area (Å²) in [6.07, 6.45) is 0. The van der Waals surface area contributed by atoms with Gasteiger partial charge in [-0.25, -0.2) is 9.78 Å². The Morgan fingerprint density at radius 2 is 2.35 bits per heavy atom. The molecule has 6 heteroatoms. The third-order valence-corrected chi connectivity index (χ3v) is 3.35. The van der Waals surface area contributed by atoms with E-state index in [0.717, 1.165) is 10.0 Å². The van der Waals surface area contributed by atoms with Crippen LogP contribution in [0, 0.1) is 0 Å². The third kappa shape index (κ3) is 3.28. The first-order chi connectivity index (χ1) is 8.15. The normalized spacial score (nSPS) is 10.2. The van der Waals surface area contributed by atoms with Crippen LogP contribution in [0.5, 0.6) is 0 Å². The van der Waals surface area contributed by atoms with Crippen LogP contribution in [0.2, 0.25) is 0 Å². The van der Waals surface area contributed by atoms with Crippen molar-refractivity contribution in [1.82, 2.24) is 4.98 Å². The van der Waals surface area contributed by atoms with Crippen molar-refractivity contribution in [2.45, 2.75) is 6.54 Å². The molecule has 1 heterocycles. The van der Waals surface area contributed by atoms with E-state index in [1.807, 2.05) is 24.3 Å². The molecule has 4 nitrogen and oxygen atoms in total. The van der Waals surface area contributed by atoms with Gasteiger partial charge in [0, 0.05) is 16.4 Å². The lowest BCUT2D eigenvalue weighted by Crippen LogP contribution is -2.01. The molecule has 0 saturated carbocycles. The molecular formula is C11H9BrN2O2S. The van der Waals surface area contributed by atoms with Crippen molar-refractivity contribution in [1.29, 1.82) is 0 Å². The quantitative estimate of drug-likeness (QED) is 0.910. The third-order valence-electron chi connectivity index (χ3n) is 2.06. The zero-order valence-electron chi connectivity index (χ0n) is 8.68. The van der Waals surface area contributed by atoms with Gasteiger partial charge in [-0.2, -0.15) is 0 Å². The van der Waals surface area contributed by atoms with Crippen LogP contribution in [0.25, 0.3) is 0 Å². The van der Waals surface area contributed by atoms with Crippen LogP contribution in [-0.2, 0) is 6.54 Å². The highest BCUT2D eigenvalue weighted by molar-refractivity contribution is 9.10. The zero-order valence-corrected chi connectivity index (χ0v) is 11.1. The Morgan fingerprint density at radius 3 is 3.00 bits per heavy atom. The number of carbonyl (C=O) groups is 1. The Morgan fingerprint density at radius 1 is 1.53 bits per heavy atom. The van der Waals surface area contributed by atoms with Gasteiger partial charge in [-0.1, -0.05) is 28.1 Å². The molecule has 2 rings (SSSR count). The van der Waals surface area contributed by atoms with Gasteiger partial charge in [0.2, 0.25) is 0 Å². The number of carboxylic acid groups (broad SMARTS) is 1. The summed E-state index contributed by atoms with van der Waals surface area (Å²) in [5.41, 5.74) is 1.18. The molecule has 0 atom stereocenters. The molecule has 1 aromatic carbocycles. The van der Waals surface area contributed by atoms with Crippen LogP contribution in [0.1, 0.15) is 16.1 Å². The smallest absolute Gasteiger partial charge is 0.355 e. The fraction of sp³-hybridized carbons (Fsp3) is 0.0909. The van der Waals surface area contributed by atoms with Gasteiger partial charge >= 0.3 is 5.97 Å². The van der Waals surface area contributed by atoms with Crippen molar-refractivity contribution in [2.75, 3.05) is 5.32 Å². The van der Waals surface area contributed by atoms with E-state index in [4.69, 9.17) is 5.11 Å². The average molecular weight is 313 g/mol. The number of thiazole rings is 1. The molecule has 0 aliphatic heterocycles. The predicted molar refractivity (Wildman–Crippen MR) is 70.5 cm³/mol. The van der Waals surface area contributed by atoms with Crippen molar-refractivity contribution >= 4 is 38.4 Å². The Kier molecular flexibility index (Phi) is 3.75. The number of halogens is 1. The molecule has 2 N–H and O–H groups in total. The van der Waals surface area contributed by atoms with Gasteiger partial charge in [0.25, 0.3) is 0 Å². The minimum absolute atomic E-state index is 0.0757. The number of rotatable bonds is 4. The van der Waals surface area contributed by atoms with Gasteiger partial charge < -0.3 is 10.4 Å². The van der Waals surface area contributed by atoms with E-state index in [0.29, 0.717) is 11.7 Å². The van der Waals surface area contributed by atoms with Gasteiger partial charge in [0.1, 0.15) is 0 Å². The number of carboxylic acids is 1. The SMILES string of the molecule is O=C(O)c1csc(NCc2cccc(Br)c2)n1. The van der Waals surface area contributed by atoms with Crippen LogP contribution in [-0.4, -0.2) is 16.1 Å². The molecule has 2 aromatic rings. The number of aromatic carboxylic acids is 1. The lowest BCUT2D eigenvalue weighted by molar-refractivity contribution is 0.0691. The zero-order chi connectivity index (χ0) is 12.3. The van der Waals surface area contributed by atoms with E-state index >= 15 is 0 Å². The van der Waals surface area contributed by atoms with Crippen molar-refractivity contribution in [2.24, 2.45) is 0 Å². The van der Waals surface area contributed by atoms with E-state index < -0.39 is 5.97 Å². The molecule has 1 aromatic heterocycles. The van der Waals surface area contributed by atoms with E-state index in [9.17, 15) is 4.79 Å². The van der Waals surface area contributed by atoms with Gasteiger partial charge in [-0.3, -0.25) is 0 Å². The highest BCUT2D eigenvalue weighted by Crippen LogP contribution is 2.17. The topological polar surface area (TPSA) is 62.2 Å². The minimum Gasteiger partial charge on any atom is -0.476 e. The minimum atomic E-state index is -1.00. The number of anilines is 1. The fourth-order valence-corrected chi connectivity index (χ4v) is 2.41. The van der Waals surface area contributed by atoms with Crippen LogP contribution in [0.4, 0.5) is 5.13 Å². The van der Waals surface area contributed by atoms with Gasteiger partial charge in [0.15, 0.2) is 10.8 Å². The highest BCUT2D eigenvalue weighted by atomic mass is 79.9. The monoisotopic (exact) mass is 312 g/mol. The molecule has 0 aliphatic carbocycles. The van der Waals surface area contributed by atoms with E-state index in [1.165, 1.54) is 16.7 Å². The second-order valence-electron chi connectivity index (χ2n) is 3.33. The largest absolute Gasteiger partial charge is 0.476 e. The Balaban J connectivity index is 2.00. The molecule has 0 aliphatic rings. The Bertz CT molecular complexity index is 542. The van der Waals surface area contributed by atoms with Crippen LogP contribution >= 0.6 is 27.3 Å². The molecule has 0 radical (unpaired) electrons. The molecule has 0 saturated heterocycles. The Labute approximate surface area is 110 Å². The molecule has 0 spiro atoms. The van der Waals surface area contributed by atoms with E-state index in [2.05, 4.69) is 26.2 Å². The van der Waals surface area contributed by atoms with Gasteiger partial charge in [-0.15, -0.1) is 11.3 Å². The molecule has 88 valence electrons. The summed E-state index contributed by atoms with van der Waals surface area (Å²) in [7, 11) is 0. The maximum absolute atomic E-state index is 10.6. The lowest BCUT2D eigenvalue weighted by atomic mass is 10.2. The molecular weight excluding hydrogens is 304 g/mol. The van der Waals surface area contributed by atoms with E-state index in [-0.39, 0.29) is 5.69 Å². The van der Waals surface area contributed by atoms with Crippen LogP contribution in [0.15, 0.2) is 34.1 Å². The second kappa shape index (κ2) is 5.29. The lowest BCUT2D eigenvalue weighted by Gasteiger charge is -2.02. The maximum Gasteiger partial charge on any atom is 0.355 e. The van der Waals surface area contributed by atoms with Crippen LogP contribution < -0.4 is 5.32 Å². The van der Waals surface area contributed by atoms with Gasteiger partial charge in [0.05, 0.1) is 0 Å². The first-order valence-electron chi connectivity index (χ1n) is 4.82. The van der Waals surface area contributed by atoms with Crippen molar-refractivity contribution in [3.05, 3.63) is 45.4 Å². The number of aromatic nitrogens is 1. The van der Waals surface area contributed by atoms with Crippen molar-refractivity contribution in [3.8, 4) is 0 Å². The van der Waals surface area contributed by atoms with E-state index in [1.54, 1.807) is 0 Å². The number of benzene rings is 1. The second-order valence-corrected chi connectivity index (χ2v) is 5.10. The molecule has 0 amide bonds. The number of hydrogen-bond donors (Lipinski definition) is 2. The summed E-state index contributed by atoms with van der Waals surface area (Å²) < 4.78 is 1.02. The average Bonchev–Trinajstić information content (AvgIpc) is 2.75. The molecule has 0 bridgehead atoms. The molecule has 17 heavy (non-hydrogen) atoms. The van der Waals surface area contributed by atoms with Gasteiger partial charge in [-0.05, 0) is 17.7 Å². The first kappa shape index (κ1) is 12.1. The molecule has 0 unspecified atom stereocenters. The van der Waals surface area contributed by atoms with Crippen molar-refractivity contribution in [3.63, 3.8) is 0 Å². The van der Waals surface area contributed by atoms with Crippen LogP contribution in [0.3, 0.4) is 0 Å². The number of nitrogens with zero attached hydrogens (tertiary/aromatic N) is 1. The highest BCUT2D eigenvalue weighted by Gasteiger charge is 2.07.